The number of aliphatic hydroxyl groups is 1. The first-order valence-electron chi connectivity index (χ1n) is 5.91. The molecule has 2 unspecified atom stereocenters. The molecule has 0 spiro atoms. The quantitative estimate of drug-likeness (QED) is 0.728. The first-order chi connectivity index (χ1) is 8.58. The maximum atomic E-state index is 12.3. The van der Waals surface area contributed by atoms with Gasteiger partial charge in [0.05, 0.1) is 25.2 Å². The molecule has 0 aliphatic carbocycles. The molecule has 1 aliphatic rings. The lowest BCUT2D eigenvalue weighted by molar-refractivity contribution is -0.125. The Labute approximate surface area is 106 Å². The highest BCUT2D eigenvalue weighted by Crippen LogP contribution is 2.29. The molecule has 5 heteroatoms. The Balaban J connectivity index is 2.16. The van der Waals surface area contributed by atoms with E-state index in [9.17, 15) is 9.90 Å². The van der Waals surface area contributed by atoms with E-state index in [0.717, 1.165) is 0 Å². The molecule has 5 nitrogen and oxygen atoms in total. The van der Waals surface area contributed by atoms with E-state index >= 15 is 0 Å². The van der Waals surface area contributed by atoms with Gasteiger partial charge in [-0.05, 0) is 13.0 Å². The molecule has 18 heavy (non-hydrogen) atoms. The van der Waals surface area contributed by atoms with Crippen LogP contribution in [0, 0.1) is 5.41 Å². The maximum Gasteiger partial charge on any atom is 0.234 e. The van der Waals surface area contributed by atoms with Crippen LogP contribution in [-0.4, -0.2) is 30.3 Å². The van der Waals surface area contributed by atoms with Gasteiger partial charge in [-0.15, -0.1) is 0 Å². The number of amides is 1. The van der Waals surface area contributed by atoms with Crippen molar-refractivity contribution in [1.82, 2.24) is 0 Å². The lowest BCUT2D eigenvalue weighted by Gasteiger charge is -2.25. The molecule has 1 aliphatic heterocycles. The molecule has 2 atom stereocenters. The Bertz CT molecular complexity index is 450. The fourth-order valence-electron chi connectivity index (χ4n) is 1.97. The Morgan fingerprint density at radius 3 is 2.94 bits per heavy atom. The third kappa shape index (κ3) is 2.25. The zero-order chi connectivity index (χ0) is 13.2. The number of hydrogen-bond donors (Lipinski definition) is 3. The highest BCUT2D eigenvalue weighted by Gasteiger charge is 2.44. The average Bonchev–Trinajstić information content (AvgIpc) is 2.71. The van der Waals surface area contributed by atoms with Gasteiger partial charge in [0.15, 0.2) is 0 Å². The van der Waals surface area contributed by atoms with E-state index < -0.39 is 5.41 Å². The third-order valence-corrected chi connectivity index (χ3v) is 3.47. The Hall–Kier alpha value is -1.43. The van der Waals surface area contributed by atoms with E-state index in [1.165, 1.54) is 0 Å². The fraction of sp³-hybridized carbons (Fsp3) is 0.462. The highest BCUT2D eigenvalue weighted by molar-refractivity contribution is 5.96. The van der Waals surface area contributed by atoms with Crippen molar-refractivity contribution in [2.75, 3.05) is 18.5 Å². The van der Waals surface area contributed by atoms with Crippen LogP contribution in [0.25, 0.3) is 0 Å². The van der Waals surface area contributed by atoms with E-state index in [1.54, 1.807) is 19.1 Å². The number of anilines is 1. The van der Waals surface area contributed by atoms with Crippen molar-refractivity contribution in [2.24, 2.45) is 11.1 Å². The second-order valence-electron chi connectivity index (χ2n) is 4.81. The SMILES string of the molecule is CC1(C(=O)Nc2ccccc2CO)COCC1N. The number of carbonyl (C=O) groups is 1. The number of para-hydroxylation sites is 1. The maximum absolute atomic E-state index is 12.3. The van der Waals surface area contributed by atoms with Crippen LogP contribution in [0.3, 0.4) is 0 Å². The number of hydrogen-bond acceptors (Lipinski definition) is 4. The molecule has 0 aromatic heterocycles. The van der Waals surface area contributed by atoms with Crippen LogP contribution in [-0.2, 0) is 16.1 Å². The summed E-state index contributed by atoms with van der Waals surface area (Å²) in [6.45, 7) is 2.39. The van der Waals surface area contributed by atoms with E-state index in [2.05, 4.69) is 5.32 Å². The third-order valence-electron chi connectivity index (χ3n) is 3.47. The summed E-state index contributed by atoms with van der Waals surface area (Å²) < 4.78 is 5.25. The van der Waals surface area contributed by atoms with Gasteiger partial charge in [0.1, 0.15) is 0 Å². The number of carbonyl (C=O) groups excluding carboxylic acids is 1. The number of benzene rings is 1. The summed E-state index contributed by atoms with van der Waals surface area (Å²) in [4.78, 5) is 12.3. The van der Waals surface area contributed by atoms with Gasteiger partial charge in [-0.1, -0.05) is 18.2 Å². The first kappa shape index (κ1) is 13.0. The van der Waals surface area contributed by atoms with Crippen LogP contribution < -0.4 is 11.1 Å². The van der Waals surface area contributed by atoms with Crippen molar-refractivity contribution in [1.29, 1.82) is 0 Å². The molecule has 0 bridgehead atoms. The minimum Gasteiger partial charge on any atom is -0.392 e. The molecule has 1 saturated heterocycles. The summed E-state index contributed by atoms with van der Waals surface area (Å²) in [6.07, 6.45) is 0. The van der Waals surface area contributed by atoms with Crippen LogP contribution in [0.2, 0.25) is 0 Å². The van der Waals surface area contributed by atoms with Crippen molar-refractivity contribution in [3.05, 3.63) is 29.8 Å². The molecule has 0 radical (unpaired) electrons. The molecule has 4 N–H and O–H groups in total. The van der Waals surface area contributed by atoms with Gasteiger partial charge in [-0.25, -0.2) is 0 Å². The largest absolute Gasteiger partial charge is 0.392 e. The number of nitrogens with two attached hydrogens (primary N) is 1. The van der Waals surface area contributed by atoms with Crippen molar-refractivity contribution in [3.63, 3.8) is 0 Å². The lowest BCUT2D eigenvalue weighted by Crippen LogP contribution is -2.47. The predicted octanol–water partition coefficient (Wildman–Crippen LogP) is 0.481. The van der Waals surface area contributed by atoms with Crippen molar-refractivity contribution >= 4 is 11.6 Å². The van der Waals surface area contributed by atoms with E-state index in [-0.39, 0.29) is 18.6 Å². The average molecular weight is 250 g/mol. The molecule has 1 amide bonds. The summed E-state index contributed by atoms with van der Waals surface area (Å²) in [7, 11) is 0. The minimum absolute atomic E-state index is 0.115. The van der Waals surface area contributed by atoms with Gasteiger partial charge in [0, 0.05) is 17.3 Å². The van der Waals surface area contributed by atoms with Gasteiger partial charge in [0.2, 0.25) is 5.91 Å². The topological polar surface area (TPSA) is 84.6 Å². The molecule has 1 aromatic carbocycles. The molecular weight excluding hydrogens is 232 g/mol. The summed E-state index contributed by atoms with van der Waals surface area (Å²) >= 11 is 0. The summed E-state index contributed by atoms with van der Waals surface area (Å²) in [5, 5.41) is 12.0. The highest BCUT2D eigenvalue weighted by atomic mass is 16.5. The number of ether oxygens (including phenoxy) is 1. The fourth-order valence-corrected chi connectivity index (χ4v) is 1.97. The van der Waals surface area contributed by atoms with Gasteiger partial charge in [-0.3, -0.25) is 4.79 Å². The Morgan fingerprint density at radius 1 is 1.61 bits per heavy atom. The molecule has 2 rings (SSSR count). The summed E-state index contributed by atoms with van der Waals surface area (Å²) in [5.41, 5.74) is 6.48. The van der Waals surface area contributed by atoms with Gasteiger partial charge >= 0.3 is 0 Å². The second kappa shape index (κ2) is 5.06. The lowest BCUT2D eigenvalue weighted by atomic mass is 9.84. The van der Waals surface area contributed by atoms with Crippen LogP contribution in [0.5, 0.6) is 0 Å². The number of aliphatic hydroxyl groups excluding tert-OH is 1. The molecular formula is C13H18N2O3. The van der Waals surface area contributed by atoms with Crippen LogP contribution in [0.15, 0.2) is 24.3 Å². The minimum atomic E-state index is -0.720. The Morgan fingerprint density at radius 2 is 2.33 bits per heavy atom. The van der Waals surface area contributed by atoms with Crippen molar-refractivity contribution in [2.45, 2.75) is 19.6 Å². The van der Waals surface area contributed by atoms with Crippen molar-refractivity contribution < 1.29 is 14.6 Å². The zero-order valence-electron chi connectivity index (χ0n) is 10.3. The van der Waals surface area contributed by atoms with Gasteiger partial charge < -0.3 is 20.9 Å². The van der Waals surface area contributed by atoms with E-state index in [0.29, 0.717) is 24.5 Å². The summed E-state index contributed by atoms with van der Waals surface area (Å²) in [5.74, 6) is -0.173. The van der Waals surface area contributed by atoms with Crippen molar-refractivity contribution in [3.8, 4) is 0 Å². The monoisotopic (exact) mass is 250 g/mol. The summed E-state index contributed by atoms with van der Waals surface area (Å²) in [6, 6.07) is 6.84. The molecule has 0 saturated carbocycles. The number of rotatable bonds is 3. The van der Waals surface area contributed by atoms with Crippen LogP contribution >= 0.6 is 0 Å². The number of nitrogens with one attached hydrogen (secondary N) is 1. The van der Waals surface area contributed by atoms with E-state index in [1.807, 2.05) is 12.1 Å². The first-order valence-corrected chi connectivity index (χ1v) is 5.91. The molecule has 1 aromatic rings. The normalized spacial score (nSPS) is 27.2. The Kier molecular flexibility index (Phi) is 3.65. The smallest absolute Gasteiger partial charge is 0.234 e. The van der Waals surface area contributed by atoms with Gasteiger partial charge in [-0.2, -0.15) is 0 Å². The van der Waals surface area contributed by atoms with Crippen LogP contribution in [0.4, 0.5) is 5.69 Å². The standard InChI is InChI=1S/C13H18N2O3/c1-13(8-18-7-11(13)14)12(17)15-10-5-3-2-4-9(10)6-16/h2-5,11,16H,6-8,14H2,1H3,(H,15,17). The second-order valence-corrected chi connectivity index (χ2v) is 4.81. The molecule has 98 valence electrons. The van der Waals surface area contributed by atoms with E-state index in [4.69, 9.17) is 10.5 Å². The zero-order valence-corrected chi connectivity index (χ0v) is 10.3. The molecule has 1 fully saturated rings. The van der Waals surface area contributed by atoms with Crippen LogP contribution in [0.1, 0.15) is 12.5 Å². The molecule has 1 heterocycles. The van der Waals surface area contributed by atoms with Gasteiger partial charge in [0.25, 0.3) is 0 Å². The predicted molar refractivity (Wildman–Crippen MR) is 67.9 cm³/mol.